The molecule has 2 fully saturated rings. The van der Waals surface area contributed by atoms with Crippen LogP contribution in [0.4, 0.5) is 0 Å². The molecule has 2 heterocycles. The van der Waals surface area contributed by atoms with E-state index in [-0.39, 0.29) is 5.54 Å². The van der Waals surface area contributed by atoms with E-state index in [2.05, 4.69) is 18.7 Å². The van der Waals surface area contributed by atoms with Crippen LogP contribution in [0.2, 0.25) is 0 Å². The molecule has 0 bridgehead atoms. The van der Waals surface area contributed by atoms with E-state index in [0.29, 0.717) is 5.41 Å². The van der Waals surface area contributed by atoms with Crippen molar-refractivity contribution in [2.75, 3.05) is 32.8 Å². The summed E-state index contributed by atoms with van der Waals surface area (Å²) in [6, 6.07) is 0. The normalized spacial score (nSPS) is 28.4. The van der Waals surface area contributed by atoms with Crippen LogP contribution >= 0.6 is 0 Å². The van der Waals surface area contributed by atoms with Gasteiger partial charge in [0, 0.05) is 31.8 Å². The minimum atomic E-state index is 0.240. The van der Waals surface area contributed by atoms with E-state index in [1.165, 1.54) is 32.4 Å². The highest BCUT2D eigenvalue weighted by Gasteiger charge is 2.45. The Morgan fingerprint density at radius 1 is 1.12 bits per heavy atom. The first kappa shape index (κ1) is 13.3. The standard InChI is InChI=1S/C14H28N2O/c1-3-13(4-2)5-8-16(12-13)14(11-15)6-9-17-10-7-14/h3-12,15H2,1-2H3. The zero-order valence-corrected chi connectivity index (χ0v) is 11.5. The van der Waals surface area contributed by atoms with Gasteiger partial charge in [-0.2, -0.15) is 0 Å². The van der Waals surface area contributed by atoms with E-state index in [9.17, 15) is 0 Å². The summed E-state index contributed by atoms with van der Waals surface area (Å²) in [5.74, 6) is 0. The molecule has 2 rings (SSSR count). The Morgan fingerprint density at radius 3 is 2.24 bits per heavy atom. The third kappa shape index (κ3) is 2.38. The molecule has 2 aliphatic heterocycles. The van der Waals surface area contributed by atoms with Crippen molar-refractivity contribution >= 4 is 0 Å². The predicted octanol–water partition coefficient (Wildman–Crippen LogP) is 2.01. The Bertz CT molecular complexity index is 245. The van der Waals surface area contributed by atoms with Crippen LogP contribution in [0.3, 0.4) is 0 Å². The van der Waals surface area contributed by atoms with Crippen LogP contribution in [0.1, 0.15) is 46.0 Å². The Morgan fingerprint density at radius 2 is 1.76 bits per heavy atom. The Kier molecular flexibility index (Phi) is 4.11. The Hall–Kier alpha value is -0.120. The van der Waals surface area contributed by atoms with E-state index in [4.69, 9.17) is 10.5 Å². The summed E-state index contributed by atoms with van der Waals surface area (Å²) >= 11 is 0. The highest BCUT2D eigenvalue weighted by atomic mass is 16.5. The molecule has 100 valence electrons. The van der Waals surface area contributed by atoms with Gasteiger partial charge in [-0.1, -0.05) is 13.8 Å². The van der Waals surface area contributed by atoms with Gasteiger partial charge in [-0.15, -0.1) is 0 Å². The monoisotopic (exact) mass is 240 g/mol. The van der Waals surface area contributed by atoms with Crippen molar-refractivity contribution in [2.45, 2.75) is 51.5 Å². The molecule has 0 unspecified atom stereocenters. The summed E-state index contributed by atoms with van der Waals surface area (Å²) < 4.78 is 5.51. The van der Waals surface area contributed by atoms with Crippen LogP contribution in [0.15, 0.2) is 0 Å². The number of ether oxygens (including phenoxy) is 1. The minimum absolute atomic E-state index is 0.240. The van der Waals surface area contributed by atoms with Gasteiger partial charge in [-0.05, 0) is 44.1 Å². The third-order valence-corrected chi connectivity index (χ3v) is 5.41. The second kappa shape index (κ2) is 5.25. The van der Waals surface area contributed by atoms with E-state index >= 15 is 0 Å². The SMILES string of the molecule is CCC1(CC)CCN(C2(CN)CCOCC2)C1. The molecule has 3 heteroatoms. The molecule has 0 aliphatic carbocycles. The second-order valence-electron chi connectivity index (χ2n) is 5.92. The molecule has 0 atom stereocenters. The minimum Gasteiger partial charge on any atom is -0.381 e. The zero-order valence-electron chi connectivity index (χ0n) is 11.5. The summed E-state index contributed by atoms with van der Waals surface area (Å²) in [4.78, 5) is 2.68. The topological polar surface area (TPSA) is 38.5 Å². The van der Waals surface area contributed by atoms with Crippen LogP contribution in [-0.2, 0) is 4.74 Å². The number of likely N-dealkylation sites (tertiary alicyclic amines) is 1. The summed E-state index contributed by atoms with van der Waals surface area (Å²) in [5.41, 5.74) is 6.89. The van der Waals surface area contributed by atoms with Crippen LogP contribution < -0.4 is 5.73 Å². The fraction of sp³-hybridized carbons (Fsp3) is 1.00. The molecule has 0 spiro atoms. The Balaban J connectivity index is 2.07. The molecule has 0 saturated carbocycles. The second-order valence-corrected chi connectivity index (χ2v) is 5.92. The molecule has 2 N–H and O–H groups in total. The molecule has 2 aliphatic rings. The van der Waals surface area contributed by atoms with Crippen molar-refractivity contribution in [1.29, 1.82) is 0 Å². The van der Waals surface area contributed by atoms with E-state index in [1.807, 2.05) is 0 Å². The maximum Gasteiger partial charge on any atom is 0.0484 e. The van der Waals surface area contributed by atoms with Gasteiger partial charge in [0.15, 0.2) is 0 Å². The lowest BCUT2D eigenvalue weighted by Gasteiger charge is -2.44. The van der Waals surface area contributed by atoms with Crippen molar-refractivity contribution in [2.24, 2.45) is 11.1 Å². The van der Waals surface area contributed by atoms with Gasteiger partial charge in [-0.25, -0.2) is 0 Å². The quantitative estimate of drug-likeness (QED) is 0.817. The lowest BCUT2D eigenvalue weighted by Crippen LogP contribution is -2.56. The number of hydrogen-bond donors (Lipinski definition) is 1. The average Bonchev–Trinajstić information content (AvgIpc) is 2.85. The molecule has 0 radical (unpaired) electrons. The highest BCUT2D eigenvalue weighted by Crippen LogP contribution is 2.42. The first-order chi connectivity index (χ1) is 8.20. The lowest BCUT2D eigenvalue weighted by molar-refractivity contribution is -0.0191. The summed E-state index contributed by atoms with van der Waals surface area (Å²) in [7, 11) is 0. The van der Waals surface area contributed by atoms with Gasteiger partial charge < -0.3 is 10.5 Å². The number of nitrogens with two attached hydrogens (primary N) is 1. The fourth-order valence-corrected chi connectivity index (χ4v) is 3.57. The predicted molar refractivity (Wildman–Crippen MR) is 71.0 cm³/mol. The van der Waals surface area contributed by atoms with Gasteiger partial charge in [0.1, 0.15) is 0 Å². The number of rotatable bonds is 4. The van der Waals surface area contributed by atoms with Gasteiger partial charge in [0.25, 0.3) is 0 Å². The first-order valence-corrected chi connectivity index (χ1v) is 7.23. The van der Waals surface area contributed by atoms with Gasteiger partial charge in [-0.3, -0.25) is 4.90 Å². The summed E-state index contributed by atoms with van der Waals surface area (Å²) in [5, 5.41) is 0. The van der Waals surface area contributed by atoms with Crippen molar-refractivity contribution in [3.8, 4) is 0 Å². The van der Waals surface area contributed by atoms with Crippen molar-refractivity contribution in [1.82, 2.24) is 4.90 Å². The molecule has 0 amide bonds. The van der Waals surface area contributed by atoms with Crippen LogP contribution in [-0.4, -0.2) is 43.3 Å². The van der Waals surface area contributed by atoms with Crippen LogP contribution in [0.25, 0.3) is 0 Å². The molecule has 2 saturated heterocycles. The van der Waals surface area contributed by atoms with Gasteiger partial charge >= 0.3 is 0 Å². The number of nitrogens with zero attached hydrogens (tertiary/aromatic N) is 1. The fourth-order valence-electron chi connectivity index (χ4n) is 3.57. The average molecular weight is 240 g/mol. The Labute approximate surface area is 106 Å². The number of hydrogen-bond acceptors (Lipinski definition) is 3. The maximum absolute atomic E-state index is 6.09. The van der Waals surface area contributed by atoms with Crippen LogP contribution in [0, 0.1) is 5.41 Å². The van der Waals surface area contributed by atoms with Gasteiger partial charge in [0.05, 0.1) is 0 Å². The zero-order chi connectivity index (χ0) is 12.4. The van der Waals surface area contributed by atoms with Crippen molar-refractivity contribution < 1.29 is 4.74 Å². The first-order valence-electron chi connectivity index (χ1n) is 7.23. The van der Waals surface area contributed by atoms with Gasteiger partial charge in [0.2, 0.25) is 0 Å². The molecule has 3 nitrogen and oxygen atoms in total. The van der Waals surface area contributed by atoms with E-state index < -0.39 is 0 Å². The maximum atomic E-state index is 6.09. The molecule has 0 aromatic heterocycles. The summed E-state index contributed by atoms with van der Waals surface area (Å²) in [6.45, 7) is 9.73. The van der Waals surface area contributed by atoms with Crippen molar-refractivity contribution in [3.63, 3.8) is 0 Å². The lowest BCUT2D eigenvalue weighted by atomic mass is 9.81. The third-order valence-electron chi connectivity index (χ3n) is 5.41. The summed E-state index contributed by atoms with van der Waals surface area (Å²) in [6.07, 6.45) is 6.19. The smallest absolute Gasteiger partial charge is 0.0484 e. The van der Waals surface area contributed by atoms with E-state index in [1.54, 1.807) is 0 Å². The van der Waals surface area contributed by atoms with E-state index in [0.717, 1.165) is 32.6 Å². The molecular weight excluding hydrogens is 212 g/mol. The molecule has 0 aromatic rings. The van der Waals surface area contributed by atoms with Crippen LogP contribution in [0.5, 0.6) is 0 Å². The largest absolute Gasteiger partial charge is 0.381 e. The molecule has 17 heavy (non-hydrogen) atoms. The molecule has 0 aromatic carbocycles. The van der Waals surface area contributed by atoms with Crippen molar-refractivity contribution in [3.05, 3.63) is 0 Å². The highest BCUT2D eigenvalue weighted by molar-refractivity contribution is 5.00. The molecular formula is C14H28N2O.